The van der Waals surface area contributed by atoms with Crippen molar-refractivity contribution in [1.82, 2.24) is 0 Å². The van der Waals surface area contributed by atoms with E-state index in [-0.39, 0.29) is 31.0 Å². The molecule has 0 aliphatic carbocycles. The third-order valence-corrected chi connectivity index (χ3v) is 3.20. The lowest BCUT2D eigenvalue weighted by Gasteiger charge is -2.25. The van der Waals surface area contributed by atoms with Gasteiger partial charge in [-0.05, 0) is 26.0 Å². The van der Waals surface area contributed by atoms with Crippen molar-refractivity contribution in [3.8, 4) is 0 Å². The number of carbonyl (C=O) groups is 1. The molecule has 0 saturated heterocycles. The van der Waals surface area contributed by atoms with Crippen LogP contribution >= 0.6 is 0 Å². The van der Waals surface area contributed by atoms with E-state index in [9.17, 15) is 18.0 Å². The maximum atomic E-state index is 13.2. The monoisotopic (exact) mass is 330 g/mol. The molecule has 23 heavy (non-hydrogen) atoms. The van der Waals surface area contributed by atoms with Crippen LogP contribution in [0, 0.1) is 0 Å². The Morgan fingerprint density at radius 3 is 2.61 bits per heavy atom. The first-order valence-electron chi connectivity index (χ1n) is 7.20. The highest BCUT2D eigenvalue weighted by Gasteiger charge is 2.39. The maximum absolute atomic E-state index is 13.2. The molecule has 0 N–H and O–H groups in total. The molecule has 0 bridgehead atoms. The zero-order chi connectivity index (χ0) is 17.0. The molecule has 0 unspecified atom stereocenters. The van der Waals surface area contributed by atoms with Gasteiger partial charge < -0.3 is 9.47 Å². The van der Waals surface area contributed by atoms with Crippen LogP contribution in [0.15, 0.2) is 29.4 Å². The maximum Gasteiger partial charge on any atom is 0.418 e. The summed E-state index contributed by atoms with van der Waals surface area (Å²) in [6, 6.07) is 5.04. The van der Waals surface area contributed by atoms with Crippen LogP contribution in [0.4, 0.5) is 18.9 Å². The molecule has 0 radical (unpaired) electrons. The Balaban J connectivity index is 2.40. The molecule has 1 aromatic rings. The molecule has 1 aliphatic heterocycles. The van der Waals surface area contributed by atoms with Gasteiger partial charge in [-0.25, -0.2) is 9.80 Å². The first kappa shape index (κ1) is 17.3. The molecule has 1 aromatic carbocycles. The molecule has 0 spiro atoms. The van der Waals surface area contributed by atoms with E-state index in [1.54, 1.807) is 13.8 Å². The van der Waals surface area contributed by atoms with Crippen molar-refractivity contribution in [3.05, 3.63) is 29.8 Å². The van der Waals surface area contributed by atoms with Crippen molar-refractivity contribution in [2.45, 2.75) is 32.7 Å². The number of hydrogen-bond acceptors (Lipinski definition) is 5. The van der Waals surface area contributed by atoms with Gasteiger partial charge in [0.1, 0.15) is 0 Å². The largest absolute Gasteiger partial charge is 0.461 e. The molecule has 8 heteroatoms. The minimum atomic E-state index is -4.53. The first-order chi connectivity index (χ1) is 10.9. The molecule has 1 aliphatic rings. The lowest BCUT2D eigenvalue weighted by atomic mass is 10.1. The second-order valence-electron chi connectivity index (χ2n) is 4.74. The highest BCUT2D eigenvalue weighted by atomic mass is 19.4. The van der Waals surface area contributed by atoms with E-state index in [2.05, 4.69) is 5.10 Å². The van der Waals surface area contributed by atoms with Crippen LogP contribution in [0.1, 0.15) is 25.8 Å². The number of anilines is 1. The number of carbonyl (C=O) groups excluding carboxylic acids is 1. The van der Waals surface area contributed by atoms with Crippen molar-refractivity contribution < 1.29 is 27.4 Å². The molecule has 0 saturated carbocycles. The third-order valence-electron chi connectivity index (χ3n) is 3.20. The van der Waals surface area contributed by atoms with Crippen molar-refractivity contribution >= 4 is 17.4 Å². The van der Waals surface area contributed by atoms with Crippen molar-refractivity contribution in [2.24, 2.45) is 5.10 Å². The van der Waals surface area contributed by atoms with Crippen molar-refractivity contribution in [3.63, 3.8) is 0 Å². The Bertz CT molecular complexity index is 602. The molecule has 0 aromatic heterocycles. The van der Waals surface area contributed by atoms with Gasteiger partial charge in [0.15, 0.2) is 11.9 Å². The van der Waals surface area contributed by atoms with Gasteiger partial charge in [0.05, 0.1) is 17.9 Å². The number of ether oxygens (including phenoxy) is 2. The van der Waals surface area contributed by atoms with Crippen LogP contribution in [0.5, 0.6) is 0 Å². The smallest absolute Gasteiger partial charge is 0.418 e. The Labute approximate surface area is 131 Å². The predicted octanol–water partition coefficient (Wildman–Crippen LogP) is 3.20. The summed E-state index contributed by atoms with van der Waals surface area (Å²) in [6.07, 6.45) is -5.24. The SMILES string of the molecule is CCOC(=O)C1=NN(c2ccccc2C(F)(F)F)[C@@H](OCC)C1. The normalized spacial score (nSPS) is 18.0. The van der Waals surface area contributed by atoms with Gasteiger partial charge in [-0.3, -0.25) is 0 Å². The Hall–Kier alpha value is -2.09. The van der Waals surface area contributed by atoms with Crippen LogP contribution in [-0.4, -0.2) is 31.1 Å². The quantitative estimate of drug-likeness (QED) is 0.778. The van der Waals surface area contributed by atoms with E-state index < -0.39 is 23.9 Å². The fraction of sp³-hybridized carbons (Fsp3) is 0.467. The molecular formula is C15H17F3N2O3. The van der Waals surface area contributed by atoms with Gasteiger partial charge in [-0.15, -0.1) is 0 Å². The fourth-order valence-electron chi connectivity index (χ4n) is 2.27. The molecule has 126 valence electrons. The van der Waals surface area contributed by atoms with Crippen LogP contribution in [0.2, 0.25) is 0 Å². The van der Waals surface area contributed by atoms with Crippen LogP contribution in [0.3, 0.4) is 0 Å². The topological polar surface area (TPSA) is 51.1 Å². The highest BCUT2D eigenvalue weighted by Crippen LogP contribution is 2.38. The summed E-state index contributed by atoms with van der Waals surface area (Å²) in [6.45, 7) is 3.80. The molecule has 1 atom stereocenters. The van der Waals surface area contributed by atoms with E-state index in [1.165, 1.54) is 18.2 Å². The summed E-state index contributed by atoms with van der Waals surface area (Å²) in [4.78, 5) is 11.8. The summed E-state index contributed by atoms with van der Waals surface area (Å²) < 4.78 is 49.8. The van der Waals surface area contributed by atoms with E-state index in [0.29, 0.717) is 0 Å². The highest BCUT2D eigenvalue weighted by molar-refractivity contribution is 6.37. The van der Waals surface area contributed by atoms with Gasteiger partial charge in [0, 0.05) is 13.0 Å². The fourth-order valence-corrected chi connectivity index (χ4v) is 2.27. The minimum absolute atomic E-state index is 0.0438. The second kappa shape index (κ2) is 6.99. The Morgan fingerprint density at radius 1 is 1.30 bits per heavy atom. The number of esters is 1. The lowest BCUT2D eigenvalue weighted by Crippen LogP contribution is -2.31. The Kier molecular flexibility index (Phi) is 5.25. The number of nitrogens with zero attached hydrogens (tertiary/aromatic N) is 2. The van der Waals surface area contributed by atoms with Gasteiger partial charge in [-0.2, -0.15) is 18.3 Å². The number of alkyl halides is 3. The number of hydrogen-bond donors (Lipinski definition) is 0. The summed E-state index contributed by atoms with van der Waals surface area (Å²) in [5, 5.41) is 5.10. The Morgan fingerprint density at radius 2 is 2.00 bits per heavy atom. The lowest BCUT2D eigenvalue weighted by molar-refractivity contribution is -0.137. The number of benzene rings is 1. The molecular weight excluding hydrogens is 313 g/mol. The van der Waals surface area contributed by atoms with Crippen molar-refractivity contribution in [1.29, 1.82) is 0 Å². The number of halogens is 3. The van der Waals surface area contributed by atoms with Crippen LogP contribution in [0.25, 0.3) is 0 Å². The average molecular weight is 330 g/mol. The zero-order valence-electron chi connectivity index (χ0n) is 12.8. The minimum Gasteiger partial charge on any atom is -0.461 e. The molecule has 5 nitrogen and oxygen atoms in total. The number of para-hydroxylation sites is 1. The molecule has 1 heterocycles. The summed E-state index contributed by atoms with van der Waals surface area (Å²) in [5.74, 6) is -0.649. The molecule has 0 fully saturated rings. The number of rotatable bonds is 5. The van der Waals surface area contributed by atoms with E-state index in [1.807, 2.05) is 0 Å². The molecule has 0 amide bonds. The summed E-state index contributed by atoms with van der Waals surface area (Å²) >= 11 is 0. The van der Waals surface area contributed by atoms with Crippen LogP contribution in [-0.2, 0) is 20.4 Å². The predicted molar refractivity (Wildman–Crippen MR) is 78.0 cm³/mol. The third kappa shape index (κ3) is 3.82. The van der Waals surface area contributed by atoms with Crippen molar-refractivity contribution in [2.75, 3.05) is 18.2 Å². The zero-order valence-corrected chi connectivity index (χ0v) is 12.8. The van der Waals surface area contributed by atoms with E-state index in [0.717, 1.165) is 11.1 Å². The van der Waals surface area contributed by atoms with Gasteiger partial charge >= 0.3 is 12.1 Å². The average Bonchev–Trinajstić information content (AvgIpc) is 2.91. The van der Waals surface area contributed by atoms with Gasteiger partial charge in [0.2, 0.25) is 0 Å². The summed E-state index contributed by atoms with van der Waals surface area (Å²) in [7, 11) is 0. The van der Waals surface area contributed by atoms with Gasteiger partial charge in [0.25, 0.3) is 0 Å². The van der Waals surface area contributed by atoms with E-state index >= 15 is 0 Å². The van der Waals surface area contributed by atoms with Crippen LogP contribution < -0.4 is 5.01 Å². The standard InChI is InChI=1S/C15H17F3N2O3/c1-3-22-13-9-11(14(21)23-4-2)19-20(13)12-8-6-5-7-10(12)15(16,17)18/h5-8,13H,3-4,9H2,1-2H3/t13-/m0/s1. The first-order valence-corrected chi connectivity index (χ1v) is 7.20. The molecule has 2 rings (SSSR count). The number of hydrazone groups is 1. The second-order valence-corrected chi connectivity index (χ2v) is 4.74. The van der Waals surface area contributed by atoms with Gasteiger partial charge in [-0.1, -0.05) is 12.1 Å². The summed E-state index contributed by atoms with van der Waals surface area (Å²) in [5.41, 5.74) is -0.946. The van der Waals surface area contributed by atoms with E-state index in [4.69, 9.17) is 9.47 Å².